The fourth-order valence-electron chi connectivity index (χ4n) is 3.70. The Morgan fingerprint density at radius 3 is 2.34 bits per heavy atom. The van der Waals surface area contributed by atoms with E-state index in [0.717, 1.165) is 24.2 Å². The van der Waals surface area contributed by atoms with Crippen LogP contribution in [0.1, 0.15) is 55.8 Å². The predicted molar refractivity (Wildman–Crippen MR) is 114 cm³/mol. The average Bonchev–Trinajstić information content (AvgIpc) is 2.71. The molecule has 1 amide bonds. The molecule has 0 fully saturated rings. The molecule has 0 bridgehead atoms. The van der Waals surface area contributed by atoms with Crippen molar-refractivity contribution in [1.29, 1.82) is 0 Å². The normalized spacial score (nSPS) is 15.8. The molecule has 0 saturated heterocycles. The largest absolute Gasteiger partial charge is 0.481 e. The third-order valence-corrected chi connectivity index (χ3v) is 6.57. The van der Waals surface area contributed by atoms with Gasteiger partial charge in [-0.3, -0.25) is 4.79 Å². The van der Waals surface area contributed by atoms with E-state index >= 15 is 0 Å². The zero-order valence-electron chi connectivity index (χ0n) is 17.3. The van der Waals surface area contributed by atoms with E-state index in [-0.39, 0.29) is 16.8 Å². The van der Waals surface area contributed by atoms with E-state index in [9.17, 15) is 13.2 Å². The lowest BCUT2D eigenvalue weighted by Crippen LogP contribution is -2.38. The van der Waals surface area contributed by atoms with E-state index in [4.69, 9.17) is 4.74 Å². The highest BCUT2D eigenvalue weighted by Crippen LogP contribution is 2.26. The quantitative estimate of drug-likeness (QED) is 0.742. The maximum absolute atomic E-state index is 12.7. The summed E-state index contributed by atoms with van der Waals surface area (Å²) >= 11 is 0. The second-order valence-corrected chi connectivity index (χ2v) is 9.72. The first-order valence-electron chi connectivity index (χ1n) is 10.2. The van der Waals surface area contributed by atoms with Crippen molar-refractivity contribution in [3.63, 3.8) is 0 Å². The van der Waals surface area contributed by atoms with E-state index in [0.29, 0.717) is 6.42 Å². The number of nitrogens with one attached hydrogen (secondary N) is 1. The molecule has 6 heteroatoms. The number of aryl methyl sites for hydroxylation is 2. The van der Waals surface area contributed by atoms with Crippen LogP contribution in [0.4, 0.5) is 0 Å². The molecule has 0 saturated carbocycles. The molecule has 156 valence electrons. The van der Waals surface area contributed by atoms with E-state index in [1.54, 1.807) is 31.2 Å². The first-order valence-corrected chi connectivity index (χ1v) is 12.1. The molecule has 2 aromatic rings. The van der Waals surface area contributed by atoms with Crippen molar-refractivity contribution in [2.75, 3.05) is 6.26 Å². The van der Waals surface area contributed by atoms with Gasteiger partial charge in [0, 0.05) is 6.26 Å². The fraction of sp³-hybridized carbons (Fsp3) is 0.435. The molecule has 0 radical (unpaired) electrons. The molecule has 2 unspecified atom stereocenters. The number of benzene rings is 2. The van der Waals surface area contributed by atoms with Crippen molar-refractivity contribution < 1.29 is 17.9 Å². The molecule has 29 heavy (non-hydrogen) atoms. The molecule has 2 atom stereocenters. The Morgan fingerprint density at radius 2 is 1.72 bits per heavy atom. The zero-order chi connectivity index (χ0) is 21.0. The lowest BCUT2D eigenvalue weighted by Gasteiger charge is -2.22. The van der Waals surface area contributed by atoms with Gasteiger partial charge in [-0.2, -0.15) is 0 Å². The van der Waals surface area contributed by atoms with Crippen LogP contribution in [-0.2, 0) is 27.5 Å². The Bertz CT molecular complexity index is 967. The number of amides is 1. The summed E-state index contributed by atoms with van der Waals surface area (Å²) in [5, 5.41) is 3.01. The van der Waals surface area contributed by atoms with E-state index in [2.05, 4.69) is 17.4 Å². The smallest absolute Gasteiger partial charge is 0.261 e. The van der Waals surface area contributed by atoms with Crippen LogP contribution in [0.5, 0.6) is 5.75 Å². The van der Waals surface area contributed by atoms with E-state index < -0.39 is 15.9 Å². The Hall–Kier alpha value is -2.34. The average molecular weight is 416 g/mol. The molecular formula is C23H29NO4S. The summed E-state index contributed by atoms with van der Waals surface area (Å²) in [4.78, 5) is 12.9. The van der Waals surface area contributed by atoms with Crippen molar-refractivity contribution >= 4 is 15.7 Å². The lowest BCUT2D eigenvalue weighted by atomic mass is 9.92. The zero-order valence-corrected chi connectivity index (χ0v) is 18.1. The van der Waals surface area contributed by atoms with Gasteiger partial charge in [-0.15, -0.1) is 0 Å². The minimum atomic E-state index is -3.24. The number of carbonyl (C=O) groups is 1. The predicted octanol–water partition coefficient (Wildman–Crippen LogP) is 4.00. The Balaban J connectivity index is 1.64. The second kappa shape index (κ2) is 8.99. The van der Waals surface area contributed by atoms with Gasteiger partial charge in [-0.1, -0.05) is 25.1 Å². The van der Waals surface area contributed by atoms with Crippen molar-refractivity contribution in [1.82, 2.24) is 5.32 Å². The number of fused-ring (bicyclic) bond motifs is 1. The van der Waals surface area contributed by atoms with Crippen molar-refractivity contribution in [2.24, 2.45) is 0 Å². The van der Waals surface area contributed by atoms with Gasteiger partial charge in [0.25, 0.3) is 5.91 Å². The molecule has 1 aliphatic carbocycles. The summed E-state index contributed by atoms with van der Waals surface area (Å²) in [5.74, 6) is 0.528. The minimum absolute atomic E-state index is 0.193. The van der Waals surface area contributed by atoms with Gasteiger partial charge in [0.2, 0.25) is 0 Å². The highest BCUT2D eigenvalue weighted by atomic mass is 32.2. The highest BCUT2D eigenvalue weighted by Gasteiger charge is 2.20. The van der Waals surface area contributed by atoms with Crippen LogP contribution in [0, 0.1) is 0 Å². The number of hydrogen-bond acceptors (Lipinski definition) is 4. The molecule has 5 nitrogen and oxygen atoms in total. The molecule has 2 aromatic carbocycles. The van der Waals surface area contributed by atoms with E-state index in [1.807, 2.05) is 13.0 Å². The maximum atomic E-state index is 12.7. The molecule has 0 aromatic heterocycles. The molecule has 3 rings (SSSR count). The van der Waals surface area contributed by atoms with E-state index in [1.165, 1.54) is 30.2 Å². The van der Waals surface area contributed by atoms with Crippen LogP contribution in [-0.4, -0.2) is 26.7 Å². The van der Waals surface area contributed by atoms with Gasteiger partial charge in [0.1, 0.15) is 5.75 Å². The van der Waals surface area contributed by atoms with Gasteiger partial charge in [0.15, 0.2) is 15.9 Å². The number of rotatable bonds is 7. The topological polar surface area (TPSA) is 72.5 Å². The first-order chi connectivity index (χ1) is 13.8. The minimum Gasteiger partial charge on any atom is -0.481 e. The number of sulfone groups is 1. The van der Waals surface area contributed by atoms with Crippen LogP contribution < -0.4 is 10.1 Å². The lowest BCUT2D eigenvalue weighted by molar-refractivity contribution is -0.128. The number of ether oxygens (including phenoxy) is 1. The molecule has 0 heterocycles. The van der Waals surface area contributed by atoms with Gasteiger partial charge >= 0.3 is 0 Å². The van der Waals surface area contributed by atoms with Crippen LogP contribution in [0.15, 0.2) is 47.4 Å². The Labute approximate surface area is 173 Å². The third-order valence-electron chi connectivity index (χ3n) is 5.44. The van der Waals surface area contributed by atoms with Gasteiger partial charge in [0.05, 0.1) is 10.9 Å². The van der Waals surface area contributed by atoms with Gasteiger partial charge in [-0.25, -0.2) is 8.42 Å². The summed E-state index contributed by atoms with van der Waals surface area (Å²) in [6, 6.07) is 12.5. The monoisotopic (exact) mass is 415 g/mol. The van der Waals surface area contributed by atoms with Crippen molar-refractivity contribution in [2.45, 2.75) is 63.0 Å². The van der Waals surface area contributed by atoms with Crippen molar-refractivity contribution in [3.8, 4) is 5.75 Å². The third kappa shape index (κ3) is 5.38. The van der Waals surface area contributed by atoms with Crippen LogP contribution >= 0.6 is 0 Å². The number of carbonyl (C=O) groups excluding carboxylic acids is 1. The molecule has 1 aliphatic rings. The summed E-state index contributed by atoms with van der Waals surface area (Å²) in [5.41, 5.74) is 3.57. The van der Waals surface area contributed by atoms with Gasteiger partial charge in [-0.05, 0) is 80.0 Å². The Morgan fingerprint density at radius 1 is 1.07 bits per heavy atom. The summed E-state index contributed by atoms with van der Waals surface area (Å²) in [6.45, 7) is 3.72. The molecule has 1 N–H and O–H groups in total. The van der Waals surface area contributed by atoms with Crippen LogP contribution in [0.3, 0.4) is 0 Å². The summed E-state index contributed by atoms with van der Waals surface area (Å²) < 4.78 is 29.2. The standard InChI is InChI=1S/C23H29NO4S/c1-4-22(18-10-13-21(14-11-18)29(3,26)27)24-23(25)16(2)28-20-12-9-17-7-5-6-8-19(17)15-20/h9-16,22H,4-8H2,1-3H3,(H,24,25). The van der Waals surface area contributed by atoms with Gasteiger partial charge < -0.3 is 10.1 Å². The van der Waals surface area contributed by atoms with Crippen LogP contribution in [0.25, 0.3) is 0 Å². The van der Waals surface area contributed by atoms with Crippen LogP contribution in [0.2, 0.25) is 0 Å². The summed E-state index contributed by atoms with van der Waals surface area (Å²) in [7, 11) is -3.24. The molecule has 0 spiro atoms. The SMILES string of the molecule is CCC(NC(=O)C(C)Oc1ccc2c(c1)CCCC2)c1ccc(S(C)(=O)=O)cc1. The second-order valence-electron chi connectivity index (χ2n) is 7.71. The van der Waals surface area contributed by atoms with Crippen molar-refractivity contribution in [3.05, 3.63) is 59.2 Å². The fourth-order valence-corrected chi connectivity index (χ4v) is 4.33. The molecule has 0 aliphatic heterocycles. The maximum Gasteiger partial charge on any atom is 0.261 e. The number of hydrogen-bond donors (Lipinski definition) is 1. The summed E-state index contributed by atoms with van der Waals surface area (Å²) in [6.07, 6.45) is 5.85. The Kier molecular flexibility index (Phi) is 6.63. The highest BCUT2D eigenvalue weighted by molar-refractivity contribution is 7.90. The first kappa shape index (κ1) is 21.4. The molecular weight excluding hydrogens is 386 g/mol.